The van der Waals surface area contributed by atoms with E-state index in [-0.39, 0.29) is 12.1 Å². The highest BCUT2D eigenvalue weighted by Crippen LogP contribution is 2.26. The first kappa shape index (κ1) is 17.4. The standard InChI is InChI=1S/C16H22Cl2N2O2/c1-11(14-6-5-13(17)8-15(14)18)19-16(21)20(2)9-12-4-3-7-22-10-12/h5-6,8,11-12H,3-4,7,9-10H2,1-2H3,(H,19,21)/t11-,12-/m1/s1. The molecule has 0 radical (unpaired) electrons. The lowest BCUT2D eigenvalue weighted by Crippen LogP contribution is -2.42. The van der Waals surface area contributed by atoms with Gasteiger partial charge in [-0.25, -0.2) is 4.79 Å². The van der Waals surface area contributed by atoms with Crippen LogP contribution in [0.3, 0.4) is 0 Å². The Labute approximate surface area is 141 Å². The molecule has 1 heterocycles. The van der Waals surface area contributed by atoms with E-state index in [9.17, 15) is 4.79 Å². The lowest BCUT2D eigenvalue weighted by molar-refractivity contribution is 0.0456. The van der Waals surface area contributed by atoms with Gasteiger partial charge in [-0.1, -0.05) is 29.3 Å². The molecule has 1 aromatic rings. The summed E-state index contributed by atoms with van der Waals surface area (Å²) in [6.07, 6.45) is 2.17. The summed E-state index contributed by atoms with van der Waals surface area (Å²) in [6.45, 7) is 4.17. The number of rotatable bonds is 4. The van der Waals surface area contributed by atoms with Crippen molar-refractivity contribution in [3.05, 3.63) is 33.8 Å². The van der Waals surface area contributed by atoms with Gasteiger partial charge in [0.1, 0.15) is 0 Å². The van der Waals surface area contributed by atoms with E-state index >= 15 is 0 Å². The lowest BCUT2D eigenvalue weighted by atomic mass is 10.0. The van der Waals surface area contributed by atoms with Crippen molar-refractivity contribution in [2.75, 3.05) is 26.8 Å². The minimum atomic E-state index is -0.178. The maximum atomic E-state index is 12.3. The van der Waals surface area contributed by atoms with Gasteiger partial charge in [0.25, 0.3) is 0 Å². The number of nitrogens with one attached hydrogen (secondary N) is 1. The van der Waals surface area contributed by atoms with Crippen LogP contribution in [0.15, 0.2) is 18.2 Å². The number of nitrogens with zero attached hydrogens (tertiary/aromatic N) is 1. The van der Waals surface area contributed by atoms with Crippen molar-refractivity contribution in [2.24, 2.45) is 5.92 Å². The number of urea groups is 1. The molecule has 1 aliphatic heterocycles. The first-order valence-corrected chi connectivity index (χ1v) is 8.27. The monoisotopic (exact) mass is 344 g/mol. The van der Waals surface area contributed by atoms with Gasteiger partial charge in [0, 0.05) is 36.2 Å². The molecule has 0 spiro atoms. The lowest BCUT2D eigenvalue weighted by Gasteiger charge is -2.28. The van der Waals surface area contributed by atoms with Crippen LogP contribution in [0.4, 0.5) is 4.79 Å². The minimum absolute atomic E-state index is 0.107. The van der Waals surface area contributed by atoms with Crippen molar-refractivity contribution in [1.82, 2.24) is 10.2 Å². The number of carbonyl (C=O) groups is 1. The molecule has 4 nitrogen and oxygen atoms in total. The van der Waals surface area contributed by atoms with Gasteiger partial charge < -0.3 is 15.0 Å². The first-order valence-electron chi connectivity index (χ1n) is 7.51. The molecule has 1 saturated heterocycles. The summed E-state index contributed by atoms with van der Waals surface area (Å²) in [5.41, 5.74) is 0.855. The fourth-order valence-electron chi connectivity index (χ4n) is 2.65. The van der Waals surface area contributed by atoms with Crippen LogP contribution in [0, 0.1) is 5.92 Å². The van der Waals surface area contributed by atoms with E-state index in [4.69, 9.17) is 27.9 Å². The number of amides is 2. The second-order valence-electron chi connectivity index (χ2n) is 5.80. The Morgan fingerprint density at radius 3 is 2.91 bits per heavy atom. The highest BCUT2D eigenvalue weighted by molar-refractivity contribution is 6.35. The number of hydrogen-bond acceptors (Lipinski definition) is 2. The molecule has 2 atom stereocenters. The van der Waals surface area contributed by atoms with Gasteiger partial charge in [-0.2, -0.15) is 0 Å². The SMILES string of the molecule is C[C@@H](NC(=O)N(C)C[C@H]1CCCOC1)c1ccc(Cl)cc1Cl. The molecule has 0 aromatic heterocycles. The Kier molecular flexibility index (Phi) is 6.36. The second-order valence-corrected chi connectivity index (χ2v) is 6.64. The van der Waals surface area contributed by atoms with Gasteiger partial charge in [-0.05, 0) is 37.5 Å². The topological polar surface area (TPSA) is 41.6 Å². The molecule has 0 aliphatic carbocycles. The molecule has 22 heavy (non-hydrogen) atoms. The van der Waals surface area contributed by atoms with Crippen molar-refractivity contribution in [3.63, 3.8) is 0 Å². The van der Waals surface area contributed by atoms with E-state index in [0.29, 0.717) is 22.5 Å². The minimum Gasteiger partial charge on any atom is -0.381 e. The Balaban J connectivity index is 1.89. The fraction of sp³-hybridized carbons (Fsp3) is 0.562. The molecule has 1 aromatic carbocycles. The Bertz CT molecular complexity index is 519. The normalized spacial score (nSPS) is 19.5. The van der Waals surface area contributed by atoms with Gasteiger partial charge in [-0.3, -0.25) is 0 Å². The summed E-state index contributed by atoms with van der Waals surface area (Å²) < 4.78 is 5.45. The van der Waals surface area contributed by atoms with E-state index in [1.54, 1.807) is 24.1 Å². The highest BCUT2D eigenvalue weighted by atomic mass is 35.5. The molecule has 1 N–H and O–H groups in total. The Morgan fingerprint density at radius 2 is 2.27 bits per heavy atom. The van der Waals surface area contributed by atoms with Crippen LogP contribution in [-0.4, -0.2) is 37.7 Å². The zero-order valence-corrected chi connectivity index (χ0v) is 14.5. The van der Waals surface area contributed by atoms with Gasteiger partial charge in [0.05, 0.1) is 12.6 Å². The summed E-state index contributed by atoms with van der Waals surface area (Å²) in [5, 5.41) is 4.11. The molecule has 0 bridgehead atoms. The predicted octanol–water partition coefficient (Wildman–Crippen LogP) is 4.12. The summed E-state index contributed by atoms with van der Waals surface area (Å²) in [5.74, 6) is 0.416. The van der Waals surface area contributed by atoms with Crippen LogP contribution in [0.25, 0.3) is 0 Å². The third-order valence-corrected chi connectivity index (χ3v) is 4.46. The van der Waals surface area contributed by atoms with Crippen molar-refractivity contribution < 1.29 is 9.53 Å². The molecular formula is C16H22Cl2N2O2. The van der Waals surface area contributed by atoms with Gasteiger partial charge in [0.15, 0.2) is 0 Å². The van der Waals surface area contributed by atoms with Crippen LogP contribution in [0.1, 0.15) is 31.4 Å². The van der Waals surface area contributed by atoms with E-state index in [1.165, 1.54) is 0 Å². The van der Waals surface area contributed by atoms with Gasteiger partial charge in [-0.15, -0.1) is 0 Å². The van der Waals surface area contributed by atoms with E-state index < -0.39 is 0 Å². The average molecular weight is 345 g/mol. The van der Waals surface area contributed by atoms with Crippen LogP contribution < -0.4 is 5.32 Å². The zero-order valence-electron chi connectivity index (χ0n) is 12.9. The van der Waals surface area contributed by atoms with Gasteiger partial charge >= 0.3 is 6.03 Å². The van der Waals surface area contributed by atoms with Crippen LogP contribution in [0.5, 0.6) is 0 Å². The van der Waals surface area contributed by atoms with Crippen molar-refractivity contribution in [1.29, 1.82) is 0 Å². The molecule has 2 amide bonds. The number of halogens is 2. The second kappa shape index (κ2) is 8.04. The fourth-order valence-corrected chi connectivity index (χ4v) is 3.22. The molecule has 0 unspecified atom stereocenters. The summed E-state index contributed by atoms with van der Waals surface area (Å²) in [4.78, 5) is 14.0. The van der Waals surface area contributed by atoms with Gasteiger partial charge in [0.2, 0.25) is 0 Å². The van der Waals surface area contributed by atoms with E-state index in [0.717, 1.165) is 31.6 Å². The Morgan fingerprint density at radius 1 is 1.50 bits per heavy atom. The number of carbonyl (C=O) groups excluding carboxylic acids is 1. The van der Waals surface area contributed by atoms with Crippen molar-refractivity contribution in [3.8, 4) is 0 Å². The zero-order chi connectivity index (χ0) is 16.1. The molecule has 1 fully saturated rings. The third kappa shape index (κ3) is 4.77. The van der Waals surface area contributed by atoms with Crippen LogP contribution in [-0.2, 0) is 4.74 Å². The van der Waals surface area contributed by atoms with Crippen molar-refractivity contribution >= 4 is 29.2 Å². The molecule has 122 valence electrons. The summed E-state index contributed by atoms with van der Waals surface area (Å²) >= 11 is 12.1. The van der Waals surface area contributed by atoms with E-state index in [2.05, 4.69) is 5.32 Å². The quantitative estimate of drug-likeness (QED) is 0.892. The van der Waals surface area contributed by atoms with Crippen LogP contribution in [0.2, 0.25) is 10.0 Å². The molecular weight excluding hydrogens is 323 g/mol. The highest BCUT2D eigenvalue weighted by Gasteiger charge is 2.20. The predicted molar refractivity (Wildman–Crippen MR) is 89.6 cm³/mol. The maximum absolute atomic E-state index is 12.3. The molecule has 1 aliphatic rings. The third-order valence-electron chi connectivity index (χ3n) is 3.90. The maximum Gasteiger partial charge on any atom is 0.317 e. The smallest absolute Gasteiger partial charge is 0.317 e. The first-order chi connectivity index (χ1) is 10.5. The van der Waals surface area contributed by atoms with E-state index in [1.807, 2.05) is 13.0 Å². The summed E-state index contributed by atoms with van der Waals surface area (Å²) in [7, 11) is 1.81. The van der Waals surface area contributed by atoms with Crippen molar-refractivity contribution in [2.45, 2.75) is 25.8 Å². The number of ether oxygens (including phenoxy) is 1. The summed E-state index contributed by atoms with van der Waals surface area (Å²) in [6, 6.07) is 5.01. The Hall–Kier alpha value is -0.970. The largest absolute Gasteiger partial charge is 0.381 e. The average Bonchev–Trinajstić information content (AvgIpc) is 2.47. The molecule has 2 rings (SSSR count). The van der Waals surface area contributed by atoms with Crippen LogP contribution >= 0.6 is 23.2 Å². The molecule has 0 saturated carbocycles. The number of benzene rings is 1. The molecule has 6 heteroatoms. The number of hydrogen-bond donors (Lipinski definition) is 1.